The van der Waals surface area contributed by atoms with Gasteiger partial charge in [0.2, 0.25) is 0 Å². The maximum atomic E-state index is 5.28. The van der Waals surface area contributed by atoms with E-state index in [0.29, 0.717) is 0 Å². The van der Waals surface area contributed by atoms with Crippen molar-refractivity contribution in [1.29, 1.82) is 0 Å². The van der Waals surface area contributed by atoms with Gasteiger partial charge in [-0.3, -0.25) is 0 Å². The van der Waals surface area contributed by atoms with Gasteiger partial charge in [0.15, 0.2) is 0 Å². The summed E-state index contributed by atoms with van der Waals surface area (Å²) in [5.74, 6) is 0. The summed E-state index contributed by atoms with van der Waals surface area (Å²) in [4.78, 5) is 0. The van der Waals surface area contributed by atoms with Gasteiger partial charge in [-0.05, 0) is 0 Å². The number of hydrogen-bond donors (Lipinski definition) is 0. The minimum absolute atomic E-state index is 0.764. The second kappa shape index (κ2) is 14.0. The Labute approximate surface area is 131 Å². The Bertz CT molecular complexity index is 236. The topological polar surface area (TPSA) is 9.23 Å². The summed E-state index contributed by atoms with van der Waals surface area (Å²) < 4.78 is 12.6. The fourth-order valence-electron chi connectivity index (χ4n) is 2.67. The Morgan fingerprint density at radius 2 is 1.25 bits per heavy atom. The number of unbranched alkanes of at least 4 members (excludes halogenated alkanes) is 3. The Balaban J connectivity index is 4.73. The summed E-state index contributed by atoms with van der Waals surface area (Å²) in [5, 5.41) is 0. The monoisotopic (exact) mass is 388 g/mol. The molecule has 0 spiro atoms. The van der Waals surface area contributed by atoms with Crippen LogP contribution in [-0.2, 0) is 4.74 Å². The zero-order valence-electron chi connectivity index (χ0n) is 14.3. The molecule has 118 valence electrons. The fraction of sp³-hybridized carbons (Fsp3) is 0.778. The van der Waals surface area contributed by atoms with E-state index in [1.165, 1.54) is 38.5 Å². The third-order valence-corrected chi connectivity index (χ3v) is 18.1. The molecule has 0 bridgehead atoms. The first kappa shape index (κ1) is 20.1. The van der Waals surface area contributed by atoms with Crippen LogP contribution in [-0.4, -0.2) is 25.0 Å². The van der Waals surface area contributed by atoms with Gasteiger partial charge in [0.05, 0.1) is 0 Å². The molecule has 0 aliphatic rings. The van der Waals surface area contributed by atoms with E-state index >= 15 is 0 Å². The molecule has 0 radical (unpaired) electrons. The van der Waals surface area contributed by atoms with Crippen molar-refractivity contribution in [1.82, 2.24) is 0 Å². The van der Waals surface area contributed by atoms with Gasteiger partial charge in [-0.1, -0.05) is 0 Å². The molecule has 0 aliphatic carbocycles. The number of hydrogen-bond acceptors (Lipinski definition) is 1. The van der Waals surface area contributed by atoms with Crippen LogP contribution in [0.2, 0.25) is 13.3 Å². The summed E-state index contributed by atoms with van der Waals surface area (Å²) in [5.41, 5.74) is 0. The molecule has 0 aliphatic heterocycles. The molecule has 1 nitrogen and oxygen atoms in total. The van der Waals surface area contributed by atoms with Crippen LogP contribution < -0.4 is 0 Å². The van der Waals surface area contributed by atoms with Crippen LogP contribution in [0.4, 0.5) is 0 Å². The minimum atomic E-state index is -2.04. The predicted octanol–water partition coefficient (Wildman–Crippen LogP) is 6.48. The maximum absolute atomic E-state index is 5.28. The van der Waals surface area contributed by atoms with Gasteiger partial charge < -0.3 is 0 Å². The van der Waals surface area contributed by atoms with Crippen molar-refractivity contribution in [2.45, 2.75) is 79.5 Å². The average molecular weight is 387 g/mol. The van der Waals surface area contributed by atoms with Gasteiger partial charge in [0.1, 0.15) is 0 Å². The average Bonchev–Trinajstić information content (AvgIpc) is 2.48. The van der Waals surface area contributed by atoms with Gasteiger partial charge in [-0.2, -0.15) is 0 Å². The Hall–Kier alpha value is 0.0787. The van der Waals surface area contributed by atoms with E-state index in [9.17, 15) is 0 Å². The second-order valence-corrected chi connectivity index (χ2v) is 18.8. The third-order valence-electron chi connectivity index (χ3n) is 3.99. The van der Waals surface area contributed by atoms with Crippen LogP contribution in [0.25, 0.3) is 0 Å². The molecule has 20 heavy (non-hydrogen) atoms. The molecule has 0 aromatic rings. The molecule has 2 heteroatoms. The molecule has 0 aromatic carbocycles. The molecule has 0 fully saturated rings. The van der Waals surface area contributed by atoms with Crippen molar-refractivity contribution in [3.05, 3.63) is 22.5 Å². The number of ether oxygens (including phenoxy) is 1. The first-order valence-electron chi connectivity index (χ1n) is 8.70. The van der Waals surface area contributed by atoms with Crippen LogP contribution in [0, 0.1) is 0 Å². The van der Waals surface area contributed by atoms with Gasteiger partial charge in [-0.25, -0.2) is 0 Å². The zero-order valence-corrected chi connectivity index (χ0v) is 17.1. The quantitative estimate of drug-likeness (QED) is 0.200. The van der Waals surface area contributed by atoms with Crippen LogP contribution in [0.3, 0.4) is 0 Å². The first-order valence-corrected chi connectivity index (χ1v) is 16.4. The van der Waals surface area contributed by atoms with Crippen molar-refractivity contribution < 1.29 is 4.74 Å². The van der Waals surface area contributed by atoms with Gasteiger partial charge in [-0.15, -0.1) is 0 Å². The molecule has 0 saturated heterocycles. The standard InChI is InChI=1S/C6H9O.3C4H9.Sn/c1-3-5-6-7-4-2;3*1-3-4-2;/h1,3,5-6H,4H2,2H3;3*1,3-4H2,2H3;/b3-1?,6-5+;;;;. The molecule has 0 atom stereocenters. The molecule has 0 heterocycles. The molecule has 0 rings (SSSR count). The summed E-state index contributed by atoms with van der Waals surface area (Å²) in [6.45, 7) is 9.78. The van der Waals surface area contributed by atoms with Gasteiger partial charge >= 0.3 is 132 Å². The molecule has 0 amide bonds. The third kappa shape index (κ3) is 9.90. The first-order chi connectivity index (χ1) is 9.74. The summed E-state index contributed by atoms with van der Waals surface area (Å²) >= 11 is -2.04. The van der Waals surface area contributed by atoms with Crippen molar-refractivity contribution >= 4 is 18.4 Å². The fourth-order valence-corrected chi connectivity index (χ4v) is 16.8. The Kier molecular flexibility index (Phi) is 14.1. The summed E-state index contributed by atoms with van der Waals surface area (Å²) in [7, 11) is 0. The molecular formula is C18H36OSn. The Morgan fingerprint density at radius 1 is 0.750 bits per heavy atom. The van der Waals surface area contributed by atoms with E-state index in [0.717, 1.165) is 6.61 Å². The zero-order chi connectivity index (χ0) is 15.1. The molecule has 0 unspecified atom stereocenters. The van der Waals surface area contributed by atoms with Gasteiger partial charge in [0.25, 0.3) is 0 Å². The van der Waals surface area contributed by atoms with Gasteiger partial charge in [0, 0.05) is 0 Å². The van der Waals surface area contributed by atoms with Crippen molar-refractivity contribution in [3.8, 4) is 0 Å². The molecule has 0 aromatic heterocycles. The van der Waals surface area contributed by atoms with E-state index in [1.54, 1.807) is 13.3 Å². The number of allylic oxidation sites excluding steroid dienone is 2. The Morgan fingerprint density at radius 3 is 1.65 bits per heavy atom. The van der Waals surface area contributed by atoms with Crippen molar-refractivity contribution in [2.24, 2.45) is 0 Å². The number of rotatable bonds is 13. The molecule has 0 saturated carbocycles. The van der Waals surface area contributed by atoms with Crippen LogP contribution in [0.15, 0.2) is 22.5 Å². The van der Waals surface area contributed by atoms with Crippen molar-refractivity contribution in [3.63, 3.8) is 0 Å². The van der Waals surface area contributed by atoms with E-state index in [-0.39, 0.29) is 0 Å². The molecular weight excluding hydrogens is 351 g/mol. The molecule has 0 N–H and O–H groups in total. The normalized spacial score (nSPS) is 12.6. The SMILES string of the molecule is CCC[CH2][Sn](/[CH]=C/C=C/OCC)([CH2]CCC)[CH2]CCC. The second-order valence-electron chi connectivity index (χ2n) is 5.82. The van der Waals surface area contributed by atoms with E-state index < -0.39 is 18.4 Å². The summed E-state index contributed by atoms with van der Waals surface area (Å²) in [6.07, 6.45) is 14.6. The van der Waals surface area contributed by atoms with E-state index in [4.69, 9.17) is 4.74 Å². The van der Waals surface area contributed by atoms with Crippen molar-refractivity contribution in [2.75, 3.05) is 6.61 Å². The van der Waals surface area contributed by atoms with Crippen LogP contribution >= 0.6 is 0 Å². The van der Waals surface area contributed by atoms with E-state index in [1.807, 2.05) is 13.2 Å². The predicted molar refractivity (Wildman–Crippen MR) is 94.8 cm³/mol. The summed E-state index contributed by atoms with van der Waals surface area (Å²) in [6, 6.07) is 0. The van der Waals surface area contributed by atoms with Crippen LogP contribution in [0.1, 0.15) is 66.2 Å². The van der Waals surface area contributed by atoms with E-state index in [2.05, 4.69) is 37.0 Å². The van der Waals surface area contributed by atoms with Crippen LogP contribution in [0.5, 0.6) is 0 Å².